The van der Waals surface area contributed by atoms with Gasteiger partial charge in [0.05, 0.1) is 10.9 Å². The first-order chi connectivity index (χ1) is 13.0. The molecule has 3 rings (SSSR count). The van der Waals surface area contributed by atoms with Crippen molar-refractivity contribution in [2.24, 2.45) is 0 Å². The van der Waals surface area contributed by atoms with Crippen LogP contribution in [0.1, 0.15) is 39.9 Å². The maximum atomic E-state index is 12.6. The maximum Gasteiger partial charge on any atom is 0.290 e. The fraction of sp³-hybridized carbons (Fsp3) is 0.211. The minimum Gasteiger partial charge on any atom is -0.267 e. The summed E-state index contributed by atoms with van der Waals surface area (Å²) in [6.45, 7) is 4.12. The molecule has 2 amide bonds. The van der Waals surface area contributed by atoms with Gasteiger partial charge in [0.15, 0.2) is 5.69 Å². The molecule has 2 aromatic heterocycles. The number of pyridine rings is 1. The number of benzene rings is 1. The van der Waals surface area contributed by atoms with E-state index in [0.717, 1.165) is 5.69 Å². The molecule has 27 heavy (non-hydrogen) atoms. The highest BCUT2D eigenvalue weighted by atomic mass is 16.2. The molecule has 0 atom stereocenters. The molecule has 0 saturated carbocycles. The van der Waals surface area contributed by atoms with Gasteiger partial charge in [-0.25, -0.2) is 4.68 Å². The molecule has 0 aliphatic carbocycles. The van der Waals surface area contributed by atoms with Gasteiger partial charge in [-0.3, -0.25) is 30.2 Å². The molecular weight excluding hydrogens is 346 g/mol. The first-order valence-electron chi connectivity index (χ1n) is 8.54. The van der Waals surface area contributed by atoms with Crippen molar-refractivity contribution in [2.75, 3.05) is 0 Å². The van der Waals surface area contributed by atoms with Crippen LogP contribution in [0.4, 0.5) is 0 Å². The summed E-state index contributed by atoms with van der Waals surface area (Å²) in [5.74, 6) is -1.11. The Balaban J connectivity index is 1.87. The van der Waals surface area contributed by atoms with Crippen molar-refractivity contribution in [3.8, 4) is 0 Å². The molecule has 2 heterocycles. The van der Waals surface area contributed by atoms with E-state index in [1.807, 2.05) is 13.8 Å². The van der Waals surface area contributed by atoms with Gasteiger partial charge >= 0.3 is 0 Å². The van der Waals surface area contributed by atoms with E-state index in [1.165, 1.54) is 10.9 Å². The minimum atomic E-state index is -0.607. The molecule has 8 heteroatoms. The van der Waals surface area contributed by atoms with Crippen LogP contribution in [0.2, 0.25) is 0 Å². The van der Waals surface area contributed by atoms with Crippen LogP contribution in [0, 0.1) is 6.92 Å². The van der Waals surface area contributed by atoms with Crippen LogP contribution < -0.4 is 16.4 Å². The molecular formula is C19H19N5O3. The number of carbonyl (C=O) groups excluding carboxylic acids is 2. The lowest BCUT2D eigenvalue weighted by molar-refractivity contribution is 0.0843. The number of amides is 2. The lowest BCUT2D eigenvalue weighted by Crippen LogP contribution is -2.42. The predicted molar refractivity (Wildman–Crippen MR) is 100 cm³/mol. The van der Waals surface area contributed by atoms with Crippen LogP contribution in [-0.4, -0.2) is 26.6 Å². The van der Waals surface area contributed by atoms with E-state index in [0.29, 0.717) is 29.3 Å². The lowest BCUT2D eigenvalue weighted by Gasteiger charge is -2.11. The van der Waals surface area contributed by atoms with E-state index in [1.54, 1.807) is 36.4 Å². The van der Waals surface area contributed by atoms with Gasteiger partial charge in [-0.15, -0.1) is 0 Å². The Morgan fingerprint density at radius 1 is 1.04 bits per heavy atom. The van der Waals surface area contributed by atoms with E-state index in [4.69, 9.17) is 0 Å². The molecule has 0 fully saturated rings. The fourth-order valence-corrected chi connectivity index (χ4v) is 2.61. The summed E-state index contributed by atoms with van der Waals surface area (Å²) in [5, 5.41) is 5.01. The summed E-state index contributed by atoms with van der Waals surface area (Å²) in [6, 6.07) is 10.1. The Kier molecular flexibility index (Phi) is 5.25. The number of aryl methyl sites for hydroxylation is 2. The van der Waals surface area contributed by atoms with Crippen molar-refractivity contribution in [1.29, 1.82) is 0 Å². The lowest BCUT2D eigenvalue weighted by atomic mass is 10.1. The van der Waals surface area contributed by atoms with Gasteiger partial charge < -0.3 is 0 Å². The van der Waals surface area contributed by atoms with Crippen molar-refractivity contribution in [3.05, 3.63) is 69.9 Å². The average molecular weight is 365 g/mol. The number of nitrogens with zero attached hydrogens (tertiary/aromatic N) is 3. The number of carbonyl (C=O) groups is 2. The molecule has 0 aliphatic heterocycles. The fourth-order valence-electron chi connectivity index (χ4n) is 2.61. The first-order valence-corrected chi connectivity index (χ1v) is 8.54. The van der Waals surface area contributed by atoms with E-state index in [2.05, 4.69) is 20.9 Å². The van der Waals surface area contributed by atoms with Crippen molar-refractivity contribution >= 4 is 22.6 Å². The van der Waals surface area contributed by atoms with Gasteiger partial charge in [0, 0.05) is 23.8 Å². The van der Waals surface area contributed by atoms with Crippen molar-refractivity contribution in [2.45, 2.75) is 26.8 Å². The molecule has 0 spiro atoms. The SMILES string of the molecule is CCCn1nc(C(=O)NNC(=O)c2ccc(C)nc2)c2ccccc2c1=O. The van der Waals surface area contributed by atoms with Crippen molar-refractivity contribution in [3.63, 3.8) is 0 Å². The van der Waals surface area contributed by atoms with Crippen molar-refractivity contribution < 1.29 is 9.59 Å². The zero-order valence-corrected chi connectivity index (χ0v) is 15.0. The number of rotatable bonds is 4. The van der Waals surface area contributed by atoms with Gasteiger partial charge in [0.25, 0.3) is 17.4 Å². The molecule has 1 aromatic carbocycles. The largest absolute Gasteiger partial charge is 0.290 e. The molecule has 3 aromatic rings. The topological polar surface area (TPSA) is 106 Å². The summed E-state index contributed by atoms with van der Waals surface area (Å²) in [6.07, 6.45) is 2.12. The maximum absolute atomic E-state index is 12.6. The van der Waals surface area contributed by atoms with E-state index >= 15 is 0 Å². The molecule has 138 valence electrons. The predicted octanol–water partition coefficient (Wildman–Crippen LogP) is 1.58. The van der Waals surface area contributed by atoms with Gasteiger partial charge in [-0.1, -0.05) is 25.1 Å². The van der Waals surface area contributed by atoms with E-state index < -0.39 is 11.8 Å². The number of hydrogen-bond acceptors (Lipinski definition) is 5. The zero-order chi connectivity index (χ0) is 19.4. The zero-order valence-electron chi connectivity index (χ0n) is 15.0. The minimum absolute atomic E-state index is 0.0704. The second-order valence-corrected chi connectivity index (χ2v) is 6.02. The second-order valence-electron chi connectivity index (χ2n) is 6.02. The number of hydrazine groups is 1. The summed E-state index contributed by atoms with van der Waals surface area (Å²) in [5.41, 5.74) is 5.61. The molecule has 0 saturated heterocycles. The molecule has 0 aliphatic rings. The highest BCUT2D eigenvalue weighted by Gasteiger charge is 2.17. The first kappa shape index (κ1) is 18.2. The van der Waals surface area contributed by atoms with Gasteiger partial charge in [-0.2, -0.15) is 5.10 Å². The normalized spacial score (nSPS) is 10.6. The van der Waals surface area contributed by atoms with Gasteiger partial charge in [0.1, 0.15) is 0 Å². The highest BCUT2D eigenvalue weighted by Crippen LogP contribution is 2.13. The Labute approximate surface area is 155 Å². The van der Waals surface area contributed by atoms with Crippen LogP contribution in [0.15, 0.2) is 47.4 Å². The monoisotopic (exact) mass is 365 g/mol. The van der Waals surface area contributed by atoms with Gasteiger partial charge in [-0.05, 0) is 31.5 Å². The van der Waals surface area contributed by atoms with Crippen LogP contribution in [0.25, 0.3) is 10.8 Å². The number of fused-ring (bicyclic) bond motifs is 1. The van der Waals surface area contributed by atoms with Crippen molar-refractivity contribution in [1.82, 2.24) is 25.6 Å². The molecule has 8 nitrogen and oxygen atoms in total. The molecule has 0 unspecified atom stereocenters. The second kappa shape index (κ2) is 7.77. The summed E-state index contributed by atoms with van der Waals surface area (Å²) >= 11 is 0. The summed E-state index contributed by atoms with van der Waals surface area (Å²) in [7, 11) is 0. The number of aromatic nitrogens is 3. The molecule has 0 radical (unpaired) electrons. The van der Waals surface area contributed by atoms with Gasteiger partial charge in [0.2, 0.25) is 0 Å². The highest BCUT2D eigenvalue weighted by molar-refractivity contribution is 6.05. The summed E-state index contributed by atoms with van der Waals surface area (Å²) < 4.78 is 1.27. The molecule has 2 N–H and O–H groups in total. The standard InChI is InChI=1S/C19H19N5O3/c1-3-10-24-19(27)15-7-5-4-6-14(15)16(23-24)18(26)22-21-17(25)13-9-8-12(2)20-11-13/h4-9,11H,3,10H2,1-2H3,(H,21,25)(H,22,26). The smallest absolute Gasteiger partial charge is 0.267 e. The van der Waals surface area contributed by atoms with Crippen LogP contribution in [0.3, 0.4) is 0 Å². The third-order valence-corrected chi connectivity index (χ3v) is 3.98. The third kappa shape index (κ3) is 3.84. The van der Waals surface area contributed by atoms with Crippen LogP contribution in [-0.2, 0) is 6.54 Å². The quantitative estimate of drug-likeness (QED) is 0.683. The number of nitrogens with one attached hydrogen (secondary N) is 2. The third-order valence-electron chi connectivity index (χ3n) is 3.98. The van der Waals surface area contributed by atoms with E-state index in [-0.39, 0.29) is 11.3 Å². The molecule has 0 bridgehead atoms. The Morgan fingerprint density at radius 3 is 2.41 bits per heavy atom. The van der Waals surface area contributed by atoms with E-state index in [9.17, 15) is 14.4 Å². The average Bonchev–Trinajstić information content (AvgIpc) is 2.68. The Hall–Kier alpha value is -3.55. The number of hydrogen-bond donors (Lipinski definition) is 2. The Bertz CT molecular complexity index is 1060. The Morgan fingerprint density at radius 2 is 1.74 bits per heavy atom. The summed E-state index contributed by atoms with van der Waals surface area (Å²) in [4.78, 5) is 41.2. The van der Waals surface area contributed by atoms with Crippen LogP contribution in [0.5, 0.6) is 0 Å². The van der Waals surface area contributed by atoms with Crippen LogP contribution >= 0.6 is 0 Å².